The molecule has 0 bridgehead atoms. The van der Waals surface area contributed by atoms with Crippen molar-refractivity contribution in [2.75, 3.05) is 11.9 Å². The molecule has 19 heavy (non-hydrogen) atoms. The van der Waals surface area contributed by atoms with Crippen LogP contribution in [0.25, 0.3) is 10.9 Å². The quantitative estimate of drug-likeness (QED) is 0.889. The molecule has 0 saturated carbocycles. The van der Waals surface area contributed by atoms with E-state index in [1.165, 1.54) is 6.07 Å². The maximum atomic E-state index is 13.9. The Morgan fingerprint density at radius 3 is 2.79 bits per heavy atom. The lowest BCUT2D eigenvalue weighted by Crippen LogP contribution is -2.12. The number of nitrogens with zero attached hydrogens (tertiary/aromatic N) is 1. The van der Waals surface area contributed by atoms with Gasteiger partial charge in [-0.1, -0.05) is 0 Å². The first kappa shape index (κ1) is 12.3. The number of halogens is 2. The van der Waals surface area contributed by atoms with Gasteiger partial charge in [0.05, 0.1) is 0 Å². The average Bonchev–Trinajstić information content (AvgIpc) is 2.40. The minimum Gasteiger partial charge on any atom is -0.384 e. The van der Waals surface area contributed by atoms with Crippen molar-refractivity contribution in [3.8, 4) is 0 Å². The number of hydrogen-bond acceptors (Lipinski definition) is 2. The number of pyridine rings is 1. The van der Waals surface area contributed by atoms with Crippen molar-refractivity contribution < 1.29 is 8.78 Å². The average molecular weight is 262 g/mol. The van der Waals surface area contributed by atoms with Gasteiger partial charge in [0.1, 0.15) is 11.3 Å². The lowest BCUT2D eigenvalue weighted by atomic mass is 9.92. The number of rotatable bonds is 2. The molecule has 0 radical (unpaired) electrons. The number of benzene rings is 1. The minimum absolute atomic E-state index is 0.276. The number of anilines is 1. The first-order valence-electron chi connectivity index (χ1n) is 6.75. The molecule has 0 atom stereocenters. The molecule has 0 saturated heterocycles. The molecule has 0 fully saturated rings. The van der Waals surface area contributed by atoms with Crippen molar-refractivity contribution >= 4 is 16.6 Å². The molecule has 1 N–H and O–H groups in total. The molecule has 0 aliphatic heterocycles. The summed E-state index contributed by atoms with van der Waals surface area (Å²) >= 11 is 0. The molecule has 0 spiro atoms. The molecule has 1 aromatic carbocycles. The lowest BCUT2D eigenvalue weighted by molar-refractivity contribution is 0.589. The molecule has 1 aliphatic carbocycles. The molecule has 0 unspecified atom stereocenters. The van der Waals surface area contributed by atoms with E-state index in [1.807, 2.05) is 6.92 Å². The maximum absolute atomic E-state index is 13.9. The van der Waals surface area contributed by atoms with E-state index in [1.54, 1.807) is 0 Å². The highest BCUT2D eigenvalue weighted by Crippen LogP contribution is 2.34. The summed E-state index contributed by atoms with van der Waals surface area (Å²) in [6, 6.07) is 2.28. The largest absolute Gasteiger partial charge is 0.384 e. The molecule has 4 heteroatoms. The summed E-state index contributed by atoms with van der Waals surface area (Å²) in [5, 5.41) is 3.82. The number of aromatic nitrogens is 1. The normalized spacial score (nSPS) is 14.5. The zero-order valence-corrected chi connectivity index (χ0v) is 10.9. The second-order valence-corrected chi connectivity index (χ2v) is 4.93. The third-order valence-electron chi connectivity index (χ3n) is 3.64. The Kier molecular flexibility index (Phi) is 3.09. The SMILES string of the molecule is CCNc1c2c(nc3c(F)cc(F)cc13)CCCC2. The second-order valence-electron chi connectivity index (χ2n) is 4.93. The van der Waals surface area contributed by atoms with E-state index in [4.69, 9.17) is 0 Å². The van der Waals surface area contributed by atoms with Crippen molar-refractivity contribution in [2.45, 2.75) is 32.6 Å². The Labute approximate surface area is 110 Å². The van der Waals surface area contributed by atoms with Gasteiger partial charge in [0.15, 0.2) is 5.82 Å². The van der Waals surface area contributed by atoms with Crippen LogP contribution in [0.1, 0.15) is 31.0 Å². The van der Waals surface area contributed by atoms with Gasteiger partial charge in [0.2, 0.25) is 0 Å². The molecule has 0 amide bonds. The number of fused-ring (bicyclic) bond motifs is 2. The van der Waals surface area contributed by atoms with Gasteiger partial charge in [-0.15, -0.1) is 0 Å². The van der Waals surface area contributed by atoms with Crippen molar-refractivity contribution in [1.82, 2.24) is 4.98 Å². The molecule has 1 heterocycles. The van der Waals surface area contributed by atoms with Gasteiger partial charge in [0.25, 0.3) is 0 Å². The number of nitrogens with one attached hydrogen (secondary N) is 1. The molecule has 100 valence electrons. The number of hydrogen-bond donors (Lipinski definition) is 1. The van der Waals surface area contributed by atoms with E-state index in [0.717, 1.165) is 55.2 Å². The summed E-state index contributed by atoms with van der Waals surface area (Å²) in [5.41, 5.74) is 3.23. The van der Waals surface area contributed by atoms with Gasteiger partial charge in [0, 0.05) is 29.4 Å². The van der Waals surface area contributed by atoms with Crippen LogP contribution in [0, 0.1) is 11.6 Å². The van der Waals surface area contributed by atoms with Gasteiger partial charge in [-0.05, 0) is 44.2 Å². The second kappa shape index (κ2) is 4.76. The highest BCUT2D eigenvalue weighted by molar-refractivity contribution is 5.94. The van der Waals surface area contributed by atoms with Crippen LogP contribution in [0.5, 0.6) is 0 Å². The fourth-order valence-corrected chi connectivity index (χ4v) is 2.83. The van der Waals surface area contributed by atoms with Gasteiger partial charge >= 0.3 is 0 Å². The minimum atomic E-state index is -0.581. The van der Waals surface area contributed by atoms with Crippen LogP contribution < -0.4 is 5.32 Å². The van der Waals surface area contributed by atoms with Crippen molar-refractivity contribution in [2.24, 2.45) is 0 Å². The van der Waals surface area contributed by atoms with Crippen LogP contribution in [0.15, 0.2) is 12.1 Å². The van der Waals surface area contributed by atoms with Crippen LogP contribution in [0.2, 0.25) is 0 Å². The lowest BCUT2D eigenvalue weighted by Gasteiger charge is -2.21. The van der Waals surface area contributed by atoms with E-state index >= 15 is 0 Å². The molecule has 1 aromatic heterocycles. The fraction of sp³-hybridized carbons (Fsp3) is 0.400. The molecule has 2 nitrogen and oxygen atoms in total. The summed E-state index contributed by atoms with van der Waals surface area (Å²) in [4.78, 5) is 4.42. The topological polar surface area (TPSA) is 24.9 Å². The third-order valence-corrected chi connectivity index (χ3v) is 3.64. The van der Waals surface area contributed by atoms with Crippen LogP contribution in [0.3, 0.4) is 0 Å². The summed E-state index contributed by atoms with van der Waals surface area (Å²) in [5.74, 6) is -1.13. The number of aryl methyl sites for hydroxylation is 1. The van der Waals surface area contributed by atoms with Gasteiger partial charge in [-0.3, -0.25) is 0 Å². The summed E-state index contributed by atoms with van der Waals surface area (Å²) in [7, 11) is 0. The zero-order chi connectivity index (χ0) is 13.4. The predicted octanol–water partition coefficient (Wildman–Crippen LogP) is 3.82. The predicted molar refractivity (Wildman–Crippen MR) is 72.5 cm³/mol. The Balaban J connectivity index is 2.35. The van der Waals surface area contributed by atoms with Gasteiger partial charge in [-0.2, -0.15) is 0 Å². The van der Waals surface area contributed by atoms with Crippen molar-refractivity contribution in [3.63, 3.8) is 0 Å². The van der Waals surface area contributed by atoms with Crippen LogP contribution in [0.4, 0.5) is 14.5 Å². The Morgan fingerprint density at radius 1 is 1.21 bits per heavy atom. The first-order valence-corrected chi connectivity index (χ1v) is 6.75. The van der Waals surface area contributed by atoms with Crippen molar-refractivity contribution in [3.05, 3.63) is 35.0 Å². The molecule has 1 aliphatic rings. The summed E-state index contributed by atoms with van der Waals surface area (Å²) in [6.07, 6.45) is 4.00. The molecular formula is C15H16F2N2. The monoisotopic (exact) mass is 262 g/mol. The van der Waals surface area contributed by atoms with E-state index < -0.39 is 11.6 Å². The third kappa shape index (κ3) is 2.05. The summed E-state index contributed by atoms with van der Waals surface area (Å²) in [6.45, 7) is 2.71. The van der Waals surface area contributed by atoms with Crippen LogP contribution in [-0.4, -0.2) is 11.5 Å². The Hall–Kier alpha value is -1.71. The molecule has 2 aromatic rings. The molecule has 3 rings (SSSR count). The first-order chi connectivity index (χ1) is 9.20. The van der Waals surface area contributed by atoms with Gasteiger partial charge in [-0.25, -0.2) is 13.8 Å². The van der Waals surface area contributed by atoms with Gasteiger partial charge < -0.3 is 5.32 Å². The highest BCUT2D eigenvalue weighted by atomic mass is 19.1. The standard InChI is InChI=1S/C15H16F2N2/c1-2-18-14-10-5-3-4-6-13(10)19-15-11(14)7-9(16)8-12(15)17/h7-8H,2-6H2,1H3,(H,18,19). The van der Waals surface area contributed by atoms with E-state index in [9.17, 15) is 8.78 Å². The van der Waals surface area contributed by atoms with E-state index in [2.05, 4.69) is 10.3 Å². The Morgan fingerprint density at radius 2 is 2.00 bits per heavy atom. The van der Waals surface area contributed by atoms with Crippen molar-refractivity contribution in [1.29, 1.82) is 0 Å². The highest BCUT2D eigenvalue weighted by Gasteiger charge is 2.20. The maximum Gasteiger partial charge on any atom is 0.152 e. The molecular weight excluding hydrogens is 246 g/mol. The zero-order valence-electron chi connectivity index (χ0n) is 10.9. The van der Waals surface area contributed by atoms with Crippen LogP contribution in [-0.2, 0) is 12.8 Å². The summed E-state index contributed by atoms with van der Waals surface area (Å²) < 4.78 is 27.4. The Bertz CT molecular complexity index is 638. The smallest absolute Gasteiger partial charge is 0.152 e. The fourth-order valence-electron chi connectivity index (χ4n) is 2.83. The van der Waals surface area contributed by atoms with E-state index in [0.29, 0.717) is 5.39 Å². The van der Waals surface area contributed by atoms with E-state index in [-0.39, 0.29) is 5.52 Å². The van der Waals surface area contributed by atoms with Crippen LogP contribution >= 0.6 is 0 Å².